The molecule has 0 aromatic carbocycles. The van der Waals surface area contributed by atoms with Crippen molar-refractivity contribution in [3.8, 4) is 0 Å². The zero-order chi connectivity index (χ0) is 22.3. The highest BCUT2D eigenvalue weighted by molar-refractivity contribution is 5.65. The summed E-state index contributed by atoms with van der Waals surface area (Å²) in [6.45, 7) is 2.10. The van der Waals surface area contributed by atoms with Gasteiger partial charge in [-0.2, -0.15) is 0 Å². The maximum absolute atomic E-state index is 11.1. The average molecular weight is 452 g/mol. The Morgan fingerprint density at radius 1 is 0.781 bits per heavy atom. The second-order valence-electron chi connectivity index (χ2n) is 10.6. The molecule has 184 valence electrons. The Balaban J connectivity index is 1.34. The van der Waals surface area contributed by atoms with Crippen LogP contribution in [0.25, 0.3) is 0 Å². The van der Waals surface area contributed by atoms with Crippen molar-refractivity contribution >= 4 is 5.97 Å². The predicted octanol–water partition coefficient (Wildman–Crippen LogP) is 3.02. The molecule has 5 atom stereocenters. The molecule has 32 heavy (non-hydrogen) atoms. The molecule has 1 aliphatic heterocycles. The molecule has 0 radical (unpaired) electrons. The maximum atomic E-state index is 11.1. The molecule has 1 saturated heterocycles. The van der Waals surface area contributed by atoms with Gasteiger partial charge in [0.2, 0.25) is 0 Å². The normalized spacial score (nSPS) is 37.8. The highest BCUT2D eigenvalue weighted by atomic mass is 16.6. The van der Waals surface area contributed by atoms with Crippen molar-refractivity contribution in [2.45, 2.75) is 121 Å². The van der Waals surface area contributed by atoms with Gasteiger partial charge in [0.05, 0.1) is 37.3 Å². The second-order valence-corrected chi connectivity index (χ2v) is 10.6. The van der Waals surface area contributed by atoms with Crippen LogP contribution in [0.15, 0.2) is 0 Å². The van der Waals surface area contributed by atoms with Crippen LogP contribution in [0, 0.1) is 17.8 Å². The van der Waals surface area contributed by atoms with Gasteiger partial charge in [-0.05, 0) is 56.8 Å². The fourth-order valence-corrected chi connectivity index (χ4v) is 6.52. The van der Waals surface area contributed by atoms with Crippen molar-refractivity contribution in [2.24, 2.45) is 17.8 Å². The summed E-state index contributed by atoms with van der Waals surface area (Å²) in [6.07, 6.45) is 16.4. The number of hydrogen-bond acceptors (Lipinski definition) is 7. The number of esters is 1. The Morgan fingerprint density at radius 3 is 1.88 bits per heavy atom. The van der Waals surface area contributed by atoms with E-state index < -0.39 is 0 Å². The first-order valence-electron chi connectivity index (χ1n) is 13.3. The summed E-state index contributed by atoms with van der Waals surface area (Å²) in [5, 5.41) is 22.8. The number of nitrogens with one attached hydrogen (secondary N) is 3. The first-order valence-corrected chi connectivity index (χ1v) is 13.3. The molecule has 3 aliphatic carbocycles. The Labute approximate surface area is 193 Å². The molecular weight excluding hydrogens is 406 g/mol. The van der Waals surface area contributed by atoms with E-state index in [1.165, 1.54) is 71.1 Å². The Hall–Kier alpha value is -0.730. The number of aliphatic hydroxyl groups is 1. The van der Waals surface area contributed by atoms with Crippen LogP contribution in [0.5, 0.6) is 0 Å². The largest absolute Gasteiger partial charge is 0.463 e. The standard InChI is InChI=1S/C25H45N3O4/c1-17(29)31-14-15-32-20-12-13-21(22(30)16-20)25-27-23(18-8-4-2-5-9-18)26-24(28-25)19-10-6-3-7-11-19/h18-28,30H,2-16H2,1H3. The fraction of sp³-hybridized carbons (Fsp3) is 0.960. The van der Waals surface area contributed by atoms with Gasteiger partial charge in [-0.15, -0.1) is 0 Å². The molecule has 7 heteroatoms. The van der Waals surface area contributed by atoms with Crippen molar-refractivity contribution in [1.29, 1.82) is 0 Å². The summed E-state index contributed by atoms with van der Waals surface area (Å²) in [7, 11) is 0. The third-order valence-corrected chi connectivity index (χ3v) is 8.31. The first kappa shape index (κ1) is 24.4. The van der Waals surface area contributed by atoms with Gasteiger partial charge in [0.25, 0.3) is 0 Å². The third kappa shape index (κ3) is 6.66. The van der Waals surface area contributed by atoms with E-state index in [1.54, 1.807) is 0 Å². The van der Waals surface area contributed by atoms with Gasteiger partial charge in [-0.3, -0.25) is 20.7 Å². The van der Waals surface area contributed by atoms with E-state index >= 15 is 0 Å². The molecular formula is C25H45N3O4. The van der Waals surface area contributed by atoms with Gasteiger partial charge < -0.3 is 14.6 Å². The van der Waals surface area contributed by atoms with Crippen molar-refractivity contribution < 1.29 is 19.4 Å². The van der Waals surface area contributed by atoms with Gasteiger partial charge in [0, 0.05) is 12.8 Å². The van der Waals surface area contributed by atoms with Gasteiger partial charge in [-0.25, -0.2) is 0 Å². The lowest BCUT2D eigenvalue weighted by molar-refractivity contribution is -0.144. The highest BCUT2D eigenvalue weighted by Crippen LogP contribution is 2.34. The SMILES string of the molecule is CC(=O)OCCOC1CCC(C2NC(C3CCCCC3)NC(C3CCCCC3)N2)C(O)C1. The number of carbonyl (C=O) groups is 1. The number of hydrogen-bond donors (Lipinski definition) is 4. The molecule has 0 aromatic rings. The monoisotopic (exact) mass is 451 g/mol. The minimum Gasteiger partial charge on any atom is -0.463 e. The smallest absolute Gasteiger partial charge is 0.302 e. The van der Waals surface area contributed by atoms with Crippen LogP contribution in [0.4, 0.5) is 0 Å². The molecule has 7 nitrogen and oxygen atoms in total. The zero-order valence-corrected chi connectivity index (χ0v) is 19.9. The molecule has 4 N–H and O–H groups in total. The van der Waals surface area contributed by atoms with Gasteiger partial charge in [0.1, 0.15) is 6.61 Å². The van der Waals surface area contributed by atoms with Crippen molar-refractivity contribution in [2.75, 3.05) is 13.2 Å². The van der Waals surface area contributed by atoms with Crippen LogP contribution in [-0.4, -0.2) is 55.0 Å². The van der Waals surface area contributed by atoms with Crippen molar-refractivity contribution in [3.63, 3.8) is 0 Å². The number of aliphatic hydroxyl groups excluding tert-OH is 1. The molecule has 5 unspecified atom stereocenters. The van der Waals surface area contributed by atoms with Crippen LogP contribution in [0.3, 0.4) is 0 Å². The van der Waals surface area contributed by atoms with Crippen molar-refractivity contribution in [3.05, 3.63) is 0 Å². The number of ether oxygens (including phenoxy) is 2. The van der Waals surface area contributed by atoms with Crippen LogP contribution in [0.2, 0.25) is 0 Å². The van der Waals surface area contributed by atoms with Crippen LogP contribution < -0.4 is 16.0 Å². The summed E-state index contributed by atoms with van der Waals surface area (Å²) < 4.78 is 10.8. The highest BCUT2D eigenvalue weighted by Gasteiger charge is 2.42. The van der Waals surface area contributed by atoms with Crippen LogP contribution >= 0.6 is 0 Å². The quantitative estimate of drug-likeness (QED) is 0.349. The maximum Gasteiger partial charge on any atom is 0.302 e. The van der Waals surface area contributed by atoms with Crippen molar-refractivity contribution in [1.82, 2.24) is 16.0 Å². The molecule has 4 fully saturated rings. The predicted molar refractivity (Wildman–Crippen MR) is 124 cm³/mol. The lowest BCUT2D eigenvalue weighted by Gasteiger charge is -2.50. The molecule has 0 amide bonds. The fourth-order valence-electron chi connectivity index (χ4n) is 6.52. The zero-order valence-electron chi connectivity index (χ0n) is 19.9. The number of carbonyl (C=O) groups excluding carboxylic acids is 1. The second kappa shape index (κ2) is 12.1. The minimum absolute atomic E-state index is 0.0433. The van der Waals surface area contributed by atoms with Gasteiger partial charge >= 0.3 is 5.97 Å². The summed E-state index contributed by atoms with van der Waals surface area (Å²) in [5.41, 5.74) is 0. The van der Waals surface area contributed by atoms with Crippen LogP contribution in [0.1, 0.15) is 90.4 Å². The molecule has 4 rings (SSSR count). The third-order valence-electron chi connectivity index (χ3n) is 8.31. The van der Waals surface area contributed by atoms with E-state index in [4.69, 9.17) is 9.47 Å². The summed E-state index contributed by atoms with van der Waals surface area (Å²) in [5.74, 6) is 1.30. The Morgan fingerprint density at radius 2 is 1.34 bits per heavy atom. The summed E-state index contributed by atoms with van der Waals surface area (Å²) in [4.78, 5) is 10.9. The van der Waals surface area contributed by atoms with E-state index in [0.717, 1.165) is 12.8 Å². The molecule has 3 saturated carbocycles. The summed E-state index contributed by atoms with van der Waals surface area (Å²) in [6, 6.07) is 0. The summed E-state index contributed by atoms with van der Waals surface area (Å²) >= 11 is 0. The Kier molecular flexibility index (Phi) is 9.23. The van der Waals surface area contributed by atoms with E-state index in [9.17, 15) is 9.90 Å². The van der Waals surface area contributed by atoms with E-state index in [1.807, 2.05) is 0 Å². The molecule has 4 aliphatic rings. The Bertz CT molecular complexity index is 554. The van der Waals surface area contributed by atoms with Crippen LogP contribution in [-0.2, 0) is 14.3 Å². The van der Waals surface area contributed by atoms with E-state index in [0.29, 0.717) is 37.2 Å². The minimum atomic E-state index is -0.385. The number of rotatable bonds is 7. The van der Waals surface area contributed by atoms with E-state index in [-0.39, 0.29) is 36.9 Å². The van der Waals surface area contributed by atoms with Gasteiger partial charge in [-0.1, -0.05) is 38.5 Å². The lowest BCUT2D eigenvalue weighted by Crippen LogP contribution is -2.73. The molecule has 1 heterocycles. The molecule has 0 aromatic heterocycles. The first-order chi connectivity index (χ1) is 15.6. The lowest BCUT2D eigenvalue weighted by atomic mass is 9.79. The topological polar surface area (TPSA) is 91.9 Å². The average Bonchev–Trinajstić information content (AvgIpc) is 2.82. The molecule has 0 bridgehead atoms. The molecule has 0 spiro atoms. The van der Waals surface area contributed by atoms with E-state index in [2.05, 4.69) is 16.0 Å². The van der Waals surface area contributed by atoms with Gasteiger partial charge in [0.15, 0.2) is 0 Å².